The lowest BCUT2D eigenvalue weighted by molar-refractivity contribution is 0.0638. The molecule has 1 aromatic heterocycles. The maximum Gasteiger partial charge on any atom is 0.426 e. The van der Waals surface area contributed by atoms with E-state index in [1.54, 1.807) is 36.4 Å². The van der Waals surface area contributed by atoms with Crippen molar-refractivity contribution in [2.24, 2.45) is 0 Å². The van der Waals surface area contributed by atoms with E-state index in [0.29, 0.717) is 34.3 Å². The molecule has 0 unspecified atom stereocenters. The number of aromatic nitrogens is 2. The van der Waals surface area contributed by atoms with Gasteiger partial charge >= 0.3 is 12.1 Å². The number of ether oxygens (including phenoxy) is 1. The Morgan fingerprint density at radius 3 is 2.07 bits per heavy atom. The smallest absolute Gasteiger partial charge is 0.390 e. The van der Waals surface area contributed by atoms with Gasteiger partial charge in [0, 0.05) is 13.0 Å². The van der Waals surface area contributed by atoms with E-state index in [1.807, 2.05) is 77.4 Å². The van der Waals surface area contributed by atoms with Crippen molar-refractivity contribution >= 4 is 35.0 Å². The number of halogens is 1. The van der Waals surface area contributed by atoms with E-state index in [2.05, 4.69) is 11.9 Å². The van der Waals surface area contributed by atoms with Gasteiger partial charge in [-0.1, -0.05) is 104 Å². The monoisotopic (exact) mass is 593 g/mol. The first-order valence-electron chi connectivity index (χ1n) is 14.2. The summed E-state index contributed by atoms with van der Waals surface area (Å²) in [5.74, 6) is 0.0977. The Labute approximate surface area is 256 Å². The highest BCUT2D eigenvalue weighted by Gasteiger charge is 2.24. The summed E-state index contributed by atoms with van der Waals surface area (Å²) in [7, 11) is 0. The summed E-state index contributed by atoms with van der Waals surface area (Å²) in [6.45, 7) is 2.42. The van der Waals surface area contributed by atoms with Crippen LogP contribution in [0.15, 0.2) is 109 Å². The quantitative estimate of drug-likeness (QED) is 0.130. The molecule has 0 radical (unpaired) electrons. The highest BCUT2D eigenvalue weighted by Crippen LogP contribution is 2.29. The Morgan fingerprint density at radius 2 is 1.47 bits per heavy atom. The van der Waals surface area contributed by atoms with Crippen molar-refractivity contribution < 1.29 is 19.4 Å². The molecular weight excluding hydrogens is 562 g/mol. The van der Waals surface area contributed by atoms with Gasteiger partial charge in [0.15, 0.2) is 5.15 Å². The Hall–Kier alpha value is -4.72. The minimum atomic E-state index is -0.801. The summed E-state index contributed by atoms with van der Waals surface area (Å²) in [6, 6.07) is 32.9. The molecule has 0 atom stereocenters. The van der Waals surface area contributed by atoms with Crippen molar-refractivity contribution in [1.82, 2.24) is 9.55 Å². The van der Waals surface area contributed by atoms with Crippen LogP contribution >= 0.6 is 11.6 Å². The summed E-state index contributed by atoms with van der Waals surface area (Å²) in [6.07, 6.45) is 1.97. The van der Waals surface area contributed by atoms with Gasteiger partial charge in [0.25, 0.3) is 0 Å². The largest absolute Gasteiger partial charge is 0.426 e. The lowest BCUT2D eigenvalue weighted by Gasteiger charge is -2.22. The van der Waals surface area contributed by atoms with Gasteiger partial charge in [-0.15, -0.1) is 0 Å². The molecule has 1 amide bonds. The van der Waals surface area contributed by atoms with Crippen molar-refractivity contribution in [3.63, 3.8) is 0 Å². The first-order chi connectivity index (χ1) is 21.0. The summed E-state index contributed by atoms with van der Waals surface area (Å²) < 4.78 is 7.41. The van der Waals surface area contributed by atoms with Gasteiger partial charge in [0.05, 0.1) is 29.2 Å². The van der Waals surface area contributed by atoms with E-state index in [0.717, 1.165) is 36.2 Å². The molecule has 7 nitrogen and oxygen atoms in total. The molecule has 0 aliphatic heterocycles. The number of aryl methyl sites for hydroxylation is 1. The van der Waals surface area contributed by atoms with Crippen molar-refractivity contribution in [2.45, 2.75) is 39.3 Å². The van der Waals surface area contributed by atoms with Crippen molar-refractivity contribution in [2.75, 3.05) is 4.90 Å². The first kappa shape index (κ1) is 29.8. The molecule has 0 aliphatic carbocycles. The van der Waals surface area contributed by atoms with Gasteiger partial charge in [0.2, 0.25) is 0 Å². The van der Waals surface area contributed by atoms with Crippen LogP contribution in [-0.4, -0.2) is 26.7 Å². The zero-order valence-corrected chi connectivity index (χ0v) is 24.6. The zero-order chi connectivity index (χ0) is 30.2. The molecule has 0 saturated carbocycles. The molecule has 0 bridgehead atoms. The van der Waals surface area contributed by atoms with E-state index < -0.39 is 12.1 Å². The number of hydrogen-bond acceptors (Lipinski definition) is 5. The Morgan fingerprint density at radius 1 is 0.860 bits per heavy atom. The van der Waals surface area contributed by atoms with E-state index in [4.69, 9.17) is 16.3 Å². The van der Waals surface area contributed by atoms with Crippen LogP contribution in [0.5, 0.6) is 0 Å². The van der Waals surface area contributed by atoms with Crippen molar-refractivity contribution in [1.29, 1.82) is 0 Å². The van der Waals surface area contributed by atoms with Crippen LogP contribution in [0.4, 0.5) is 16.2 Å². The van der Waals surface area contributed by atoms with E-state index in [-0.39, 0.29) is 12.2 Å². The zero-order valence-electron chi connectivity index (χ0n) is 23.8. The number of benzene rings is 4. The molecule has 5 rings (SSSR count). The van der Waals surface area contributed by atoms with Gasteiger partial charge in [-0.05, 0) is 53.4 Å². The van der Waals surface area contributed by atoms with E-state index >= 15 is 0 Å². The molecule has 8 heteroatoms. The van der Waals surface area contributed by atoms with E-state index in [1.165, 1.54) is 4.90 Å². The Kier molecular flexibility index (Phi) is 9.66. The average molecular weight is 594 g/mol. The number of carbonyl (C=O) groups is 2. The second-order valence-corrected chi connectivity index (χ2v) is 10.4. The van der Waals surface area contributed by atoms with Crippen LogP contribution in [0.25, 0.3) is 11.1 Å². The maximum atomic E-state index is 13.4. The number of amides is 1. The standard InChI is InChI=1S/C35H32ClN3O4/c1-2-3-18-32-37-33(36)31(24-40)38(32)23-25-19-21-26(22-20-25)29-16-10-11-17-30(29)34(41)43-35(42)39(27-12-6-4-7-13-27)28-14-8-5-9-15-28/h4-17,19-22,40H,2-3,18,23-24H2,1H3. The average Bonchev–Trinajstić information content (AvgIpc) is 3.34. The van der Waals surface area contributed by atoms with Crippen LogP contribution in [0, 0.1) is 0 Å². The maximum absolute atomic E-state index is 13.4. The fourth-order valence-electron chi connectivity index (χ4n) is 4.95. The number of aliphatic hydroxyl groups is 1. The third-order valence-electron chi connectivity index (χ3n) is 7.15. The Balaban J connectivity index is 1.37. The number of hydrogen-bond donors (Lipinski definition) is 1. The third kappa shape index (κ3) is 6.85. The number of nitrogens with zero attached hydrogens (tertiary/aromatic N) is 3. The number of unbranched alkanes of at least 4 members (excludes halogenated alkanes) is 1. The van der Waals surface area contributed by atoms with Gasteiger partial charge < -0.3 is 14.4 Å². The highest BCUT2D eigenvalue weighted by molar-refractivity contribution is 6.30. The lowest BCUT2D eigenvalue weighted by Crippen LogP contribution is -2.29. The SMILES string of the molecule is CCCCc1nc(Cl)c(CO)n1Cc1ccc(-c2ccccc2C(=O)OC(=O)N(c2ccccc2)c2ccccc2)cc1. The van der Waals surface area contributed by atoms with Gasteiger partial charge in [-0.2, -0.15) is 0 Å². The fraction of sp³-hybridized carbons (Fsp3) is 0.171. The van der Waals surface area contributed by atoms with Crippen LogP contribution in [-0.2, 0) is 24.3 Å². The van der Waals surface area contributed by atoms with Crippen LogP contribution < -0.4 is 4.90 Å². The first-order valence-corrected chi connectivity index (χ1v) is 14.6. The lowest BCUT2D eigenvalue weighted by atomic mass is 9.98. The molecule has 4 aromatic carbocycles. The number of anilines is 2. The van der Waals surface area contributed by atoms with Crippen molar-refractivity contribution in [3.8, 4) is 11.1 Å². The summed E-state index contributed by atoms with van der Waals surface area (Å²) in [5, 5.41) is 10.2. The molecule has 218 valence electrons. The molecule has 1 heterocycles. The normalized spacial score (nSPS) is 10.9. The molecule has 0 saturated heterocycles. The number of carbonyl (C=O) groups excluding carboxylic acids is 2. The minimum absolute atomic E-state index is 0.198. The number of rotatable bonds is 10. The Bertz CT molecular complexity index is 1650. The molecule has 43 heavy (non-hydrogen) atoms. The van der Waals surface area contributed by atoms with Crippen LogP contribution in [0.2, 0.25) is 5.15 Å². The molecule has 5 aromatic rings. The fourth-order valence-corrected chi connectivity index (χ4v) is 5.21. The predicted octanol–water partition coefficient (Wildman–Crippen LogP) is 8.20. The topological polar surface area (TPSA) is 84.7 Å². The molecule has 0 aliphatic rings. The molecule has 1 N–H and O–H groups in total. The number of imidazole rings is 1. The minimum Gasteiger partial charge on any atom is -0.390 e. The van der Waals surface area contributed by atoms with Crippen molar-refractivity contribution in [3.05, 3.63) is 137 Å². The second-order valence-electron chi connectivity index (χ2n) is 10.0. The van der Waals surface area contributed by atoms with Gasteiger partial charge in [-0.25, -0.2) is 19.5 Å². The summed E-state index contributed by atoms with van der Waals surface area (Å²) in [5.41, 5.74) is 4.45. The van der Waals surface area contributed by atoms with Gasteiger partial charge in [-0.3, -0.25) is 0 Å². The second kappa shape index (κ2) is 14.0. The van der Waals surface area contributed by atoms with Gasteiger partial charge in [0.1, 0.15) is 5.82 Å². The highest BCUT2D eigenvalue weighted by atomic mass is 35.5. The summed E-state index contributed by atoms with van der Waals surface area (Å²) >= 11 is 6.31. The molecule has 0 fully saturated rings. The van der Waals surface area contributed by atoms with E-state index in [9.17, 15) is 14.7 Å². The van der Waals surface area contributed by atoms with Crippen LogP contribution in [0.3, 0.4) is 0 Å². The van der Waals surface area contributed by atoms with Crippen LogP contribution in [0.1, 0.15) is 47.2 Å². The number of aliphatic hydroxyl groups excluding tert-OH is 1. The number of para-hydroxylation sites is 2. The third-order valence-corrected chi connectivity index (χ3v) is 7.45. The molecule has 0 spiro atoms. The predicted molar refractivity (Wildman–Crippen MR) is 169 cm³/mol. The number of esters is 1. The molecular formula is C35H32ClN3O4. The summed E-state index contributed by atoms with van der Waals surface area (Å²) in [4.78, 5) is 32.6.